The molecule has 112 valence electrons. The number of hydrogen-bond acceptors (Lipinski definition) is 0. The highest BCUT2D eigenvalue weighted by atomic mass is 14.6. The van der Waals surface area contributed by atoms with Crippen LogP contribution in [0.15, 0.2) is 12.2 Å². The maximum atomic E-state index is 4.21. The molecule has 0 heterocycles. The van der Waals surface area contributed by atoms with Gasteiger partial charge in [0, 0.05) is 0 Å². The van der Waals surface area contributed by atoms with Gasteiger partial charge in [0.05, 0.1) is 0 Å². The summed E-state index contributed by atoms with van der Waals surface area (Å²) in [6.45, 7) is 20.9. The topological polar surface area (TPSA) is 0 Å². The first kappa shape index (κ1) is 16.8. The molecule has 1 saturated carbocycles. The van der Waals surface area contributed by atoms with Gasteiger partial charge in [-0.3, -0.25) is 0 Å². The molecule has 1 fully saturated rings. The van der Waals surface area contributed by atoms with E-state index in [0.29, 0.717) is 5.41 Å². The maximum Gasteiger partial charge on any atom is -0.0119 e. The molecule has 0 saturated heterocycles. The van der Waals surface area contributed by atoms with E-state index < -0.39 is 0 Å². The zero-order chi connectivity index (χ0) is 14.8. The zero-order valence-electron chi connectivity index (χ0n) is 14.4. The van der Waals surface area contributed by atoms with Gasteiger partial charge in [0.15, 0.2) is 0 Å². The van der Waals surface area contributed by atoms with Gasteiger partial charge in [-0.2, -0.15) is 0 Å². The van der Waals surface area contributed by atoms with Crippen LogP contribution in [0.5, 0.6) is 0 Å². The lowest BCUT2D eigenvalue weighted by Gasteiger charge is -2.31. The molecule has 0 aromatic heterocycles. The maximum absolute atomic E-state index is 4.21. The summed E-state index contributed by atoms with van der Waals surface area (Å²) < 4.78 is 0. The van der Waals surface area contributed by atoms with E-state index in [2.05, 4.69) is 55.0 Å². The lowest BCUT2D eigenvalue weighted by molar-refractivity contribution is 0.200. The molecule has 0 N–H and O–H groups in total. The molecule has 0 heteroatoms. The smallest absolute Gasteiger partial charge is 0.0119 e. The van der Waals surface area contributed by atoms with Crippen LogP contribution in [0.1, 0.15) is 74.1 Å². The van der Waals surface area contributed by atoms with E-state index in [1.165, 1.54) is 31.3 Å². The monoisotopic (exact) mass is 264 g/mol. The Labute approximate surface area is 122 Å². The third kappa shape index (κ3) is 3.64. The highest BCUT2D eigenvalue weighted by Gasteiger charge is 2.51. The average Bonchev–Trinajstić information content (AvgIpc) is 3.14. The van der Waals surface area contributed by atoms with Gasteiger partial charge in [-0.05, 0) is 48.3 Å². The van der Waals surface area contributed by atoms with Gasteiger partial charge in [-0.15, -0.1) is 0 Å². The molecule has 0 aliphatic heterocycles. The van der Waals surface area contributed by atoms with Crippen molar-refractivity contribution in [3.8, 4) is 0 Å². The van der Waals surface area contributed by atoms with E-state index in [1.807, 2.05) is 0 Å². The van der Waals surface area contributed by atoms with Crippen LogP contribution >= 0.6 is 0 Å². The molecular weight excluding hydrogens is 228 g/mol. The first-order chi connectivity index (χ1) is 8.77. The SMILES string of the molecule is C=C(C)C(C)(C)C1CC1C(C)C(C)C(CC)CCC. The third-order valence-corrected chi connectivity index (χ3v) is 6.30. The highest BCUT2D eigenvalue weighted by molar-refractivity contribution is 5.13. The summed E-state index contributed by atoms with van der Waals surface area (Å²) in [6.07, 6.45) is 5.51. The quantitative estimate of drug-likeness (QED) is 0.450. The van der Waals surface area contributed by atoms with Crippen LogP contribution in [-0.4, -0.2) is 0 Å². The number of rotatable bonds is 8. The van der Waals surface area contributed by atoms with Gasteiger partial charge in [0.1, 0.15) is 0 Å². The molecule has 1 aliphatic rings. The molecule has 1 rings (SSSR count). The second kappa shape index (κ2) is 6.46. The lowest BCUT2D eigenvalue weighted by Crippen LogP contribution is -2.23. The molecule has 19 heavy (non-hydrogen) atoms. The molecule has 1 aliphatic carbocycles. The lowest BCUT2D eigenvalue weighted by atomic mass is 9.74. The van der Waals surface area contributed by atoms with Crippen molar-refractivity contribution in [2.24, 2.45) is 35.0 Å². The van der Waals surface area contributed by atoms with Crippen molar-refractivity contribution in [2.75, 3.05) is 0 Å². The van der Waals surface area contributed by atoms with E-state index in [4.69, 9.17) is 0 Å². The minimum Gasteiger partial charge on any atom is -0.0996 e. The van der Waals surface area contributed by atoms with Crippen LogP contribution in [0.4, 0.5) is 0 Å². The molecule has 5 atom stereocenters. The van der Waals surface area contributed by atoms with Gasteiger partial charge in [-0.25, -0.2) is 0 Å². The molecule has 0 nitrogen and oxygen atoms in total. The number of allylic oxidation sites excluding steroid dienone is 1. The van der Waals surface area contributed by atoms with Crippen LogP contribution in [0, 0.1) is 35.0 Å². The fourth-order valence-electron chi connectivity index (χ4n) is 3.97. The Bertz CT molecular complexity index is 299. The molecule has 0 amide bonds. The highest BCUT2D eigenvalue weighted by Crippen LogP contribution is 2.58. The Kier molecular flexibility index (Phi) is 5.71. The standard InChI is InChI=1S/C19H36/c1-9-11-16(10-2)14(5)15(6)17-12-18(17)19(7,8)13(3)4/h14-18H,3,9-12H2,1-2,4-8H3. The first-order valence-electron chi connectivity index (χ1n) is 8.43. The first-order valence-corrected chi connectivity index (χ1v) is 8.43. The van der Waals surface area contributed by atoms with Gasteiger partial charge >= 0.3 is 0 Å². The van der Waals surface area contributed by atoms with E-state index in [-0.39, 0.29) is 0 Å². The van der Waals surface area contributed by atoms with Crippen molar-refractivity contribution in [1.29, 1.82) is 0 Å². The van der Waals surface area contributed by atoms with E-state index in [1.54, 1.807) is 0 Å². The Morgan fingerprint density at radius 1 is 1.26 bits per heavy atom. The summed E-state index contributed by atoms with van der Waals surface area (Å²) in [5, 5.41) is 0. The van der Waals surface area contributed by atoms with Gasteiger partial charge in [-0.1, -0.05) is 73.0 Å². The van der Waals surface area contributed by atoms with Crippen molar-refractivity contribution in [3.63, 3.8) is 0 Å². The normalized spacial score (nSPS) is 27.7. The Morgan fingerprint density at radius 2 is 1.84 bits per heavy atom. The average molecular weight is 264 g/mol. The predicted octanol–water partition coefficient (Wildman–Crippen LogP) is 6.32. The predicted molar refractivity (Wildman–Crippen MR) is 87.2 cm³/mol. The number of hydrogen-bond donors (Lipinski definition) is 0. The van der Waals surface area contributed by atoms with Crippen LogP contribution in [0.25, 0.3) is 0 Å². The van der Waals surface area contributed by atoms with E-state index in [0.717, 1.165) is 29.6 Å². The summed E-state index contributed by atoms with van der Waals surface area (Å²) in [5.41, 5.74) is 1.70. The van der Waals surface area contributed by atoms with Crippen LogP contribution in [0.3, 0.4) is 0 Å². The summed E-state index contributed by atoms with van der Waals surface area (Å²) in [7, 11) is 0. The Hall–Kier alpha value is -0.260. The van der Waals surface area contributed by atoms with Gasteiger partial charge in [0.25, 0.3) is 0 Å². The van der Waals surface area contributed by atoms with Crippen molar-refractivity contribution < 1.29 is 0 Å². The summed E-state index contributed by atoms with van der Waals surface area (Å²) >= 11 is 0. The van der Waals surface area contributed by atoms with Crippen molar-refractivity contribution >= 4 is 0 Å². The van der Waals surface area contributed by atoms with E-state index >= 15 is 0 Å². The largest absolute Gasteiger partial charge is 0.0996 e. The fraction of sp³-hybridized carbons (Fsp3) is 0.895. The van der Waals surface area contributed by atoms with Crippen molar-refractivity contribution in [3.05, 3.63) is 12.2 Å². The Balaban J connectivity index is 2.61. The third-order valence-electron chi connectivity index (χ3n) is 6.30. The summed E-state index contributed by atoms with van der Waals surface area (Å²) in [6, 6.07) is 0. The summed E-state index contributed by atoms with van der Waals surface area (Å²) in [5.74, 6) is 4.49. The fourth-order valence-corrected chi connectivity index (χ4v) is 3.97. The van der Waals surface area contributed by atoms with Crippen molar-refractivity contribution in [1.82, 2.24) is 0 Å². The van der Waals surface area contributed by atoms with Gasteiger partial charge < -0.3 is 0 Å². The van der Waals surface area contributed by atoms with Crippen LogP contribution in [-0.2, 0) is 0 Å². The minimum atomic E-state index is 0.338. The molecule has 0 bridgehead atoms. The minimum absolute atomic E-state index is 0.338. The van der Waals surface area contributed by atoms with Crippen LogP contribution in [0.2, 0.25) is 0 Å². The van der Waals surface area contributed by atoms with Gasteiger partial charge in [0.2, 0.25) is 0 Å². The second-order valence-electron chi connectivity index (χ2n) is 7.68. The molecule has 0 aromatic rings. The van der Waals surface area contributed by atoms with E-state index in [9.17, 15) is 0 Å². The van der Waals surface area contributed by atoms with Crippen LogP contribution < -0.4 is 0 Å². The molecule has 0 radical (unpaired) electrons. The molecule has 0 aromatic carbocycles. The second-order valence-corrected chi connectivity index (χ2v) is 7.68. The Morgan fingerprint density at radius 3 is 2.26 bits per heavy atom. The van der Waals surface area contributed by atoms with Crippen molar-refractivity contribution in [2.45, 2.75) is 74.1 Å². The molecule has 5 unspecified atom stereocenters. The molecule has 0 spiro atoms. The summed E-state index contributed by atoms with van der Waals surface area (Å²) in [4.78, 5) is 0. The molecular formula is C19H36. The zero-order valence-corrected chi connectivity index (χ0v) is 14.4.